The van der Waals surface area contributed by atoms with Gasteiger partial charge in [0.05, 0.1) is 30.5 Å². The molecular weight excluding hydrogens is 510 g/mol. The Hall–Kier alpha value is -4.26. The Kier molecular flexibility index (Phi) is 7.76. The Morgan fingerprint density at radius 3 is 2.42 bits per heavy atom. The van der Waals surface area contributed by atoms with Crippen molar-refractivity contribution in [1.82, 2.24) is 20.6 Å². The Morgan fingerprint density at radius 2 is 1.82 bits per heavy atom. The summed E-state index contributed by atoms with van der Waals surface area (Å²) < 4.78 is 63.3. The topological polar surface area (TPSA) is 114 Å². The van der Waals surface area contributed by atoms with E-state index >= 15 is 0 Å². The second kappa shape index (κ2) is 11.0. The molecule has 1 aromatic heterocycles. The molecule has 0 radical (unpaired) electrons. The van der Waals surface area contributed by atoms with Crippen molar-refractivity contribution in [1.29, 1.82) is 0 Å². The molecule has 0 saturated carbocycles. The van der Waals surface area contributed by atoms with E-state index in [0.29, 0.717) is 17.3 Å². The third kappa shape index (κ3) is 6.17. The van der Waals surface area contributed by atoms with Crippen LogP contribution in [0.15, 0.2) is 54.9 Å². The fraction of sp³-hybridized carbons (Fsp3) is 0.280. The van der Waals surface area contributed by atoms with Crippen LogP contribution in [0.2, 0.25) is 0 Å². The van der Waals surface area contributed by atoms with Gasteiger partial charge in [0.15, 0.2) is 0 Å². The van der Waals surface area contributed by atoms with Gasteiger partial charge in [-0.15, -0.1) is 0 Å². The summed E-state index contributed by atoms with van der Waals surface area (Å²) in [6, 6.07) is 8.77. The summed E-state index contributed by atoms with van der Waals surface area (Å²) in [4.78, 5) is 33.6. The first-order valence-corrected chi connectivity index (χ1v) is 11.4. The average molecular weight is 533 g/mol. The van der Waals surface area contributed by atoms with Gasteiger partial charge in [-0.2, -0.15) is 13.2 Å². The van der Waals surface area contributed by atoms with E-state index in [1.54, 1.807) is 12.1 Å². The molecule has 1 fully saturated rings. The van der Waals surface area contributed by atoms with Gasteiger partial charge >= 0.3 is 12.2 Å². The molecule has 0 spiro atoms. The predicted molar refractivity (Wildman–Crippen MR) is 127 cm³/mol. The van der Waals surface area contributed by atoms with E-state index in [4.69, 9.17) is 9.47 Å². The van der Waals surface area contributed by atoms with Crippen LogP contribution < -0.4 is 20.7 Å². The molecule has 1 atom stereocenters. The van der Waals surface area contributed by atoms with E-state index in [-0.39, 0.29) is 43.4 Å². The van der Waals surface area contributed by atoms with Crippen LogP contribution in [0, 0.1) is 5.82 Å². The van der Waals surface area contributed by atoms with Crippen LogP contribution >= 0.6 is 0 Å². The SMILES string of the molecule is COc1ncc(C(=O)N[C@@]2(C(=O)NCc3ccc(Nc4ccc(F)cc4C(F)(F)F)cc3)CCOC2)cn1. The van der Waals surface area contributed by atoms with Crippen molar-refractivity contribution in [3.8, 4) is 6.01 Å². The average Bonchev–Trinajstić information content (AvgIpc) is 3.38. The van der Waals surface area contributed by atoms with Crippen molar-refractivity contribution in [2.24, 2.45) is 0 Å². The lowest BCUT2D eigenvalue weighted by Crippen LogP contribution is -2.59. The number of carbonyl (C=O) groups excluding carboxylic acids is 2. The van der Waals surface area contributed by atoms with Crippen LogP contribution in [0.1, 0.15) is 27.9 Å². The molecule has 13 heteroatoms. The minimum atomic E-state index is -4.73. The number of hydrogen-bond acceptors (Lipinski definition) is 7. The molecule has 0 bridgehead atoms. The maximum Gasteiger partial charge on any atom is 0.418 e. The number of alkyl halides is 3. The minimum absolute atomic E-state index is 0.0242. The number of amides is 2. The Bertz CT molecular complexity index is 1290. The number of aromatic nitrogens is 2. The number of rotatable bonds is 8. The number of nitrogens with zero attached hydrogens (tertiary/aromatic N) is 2. The van der Waals surface area contributed by atoms with Gasteiger partial charge in [0.2, 0.25) is 5.91 Å². The second-order valence-electron chi connectivity index (χ2n) is 8.49. The van der Waals surface area contributed by atoms with Crippen molar-refractivity contribution in [3.63, 3.8) is 0 Å². The number of halogens is 4. The van der Waals surface area contributed by atoms with E-state index in [2.05, 4.69) is 25.9 Å². The van der Waals surface area contributed by atoms with E-state index in [1.807, 2.05) is 0 Å². The van der Waals surface area contributed by atoms with Gasteiger partial charge in [0.25, 0.3) is 5.91 Å². The van der Waals surface area contributed by atoms with Gasteiger partial charge in [0.1, 0.15) is 11.4 Å². The molecule has 0 aliphatic carbocycles. The highest BCUT2D eigenvalue weighted by molar-refractivity contribution is 5.99. The molecule has 2 aromatic carbocycles. The summed E-state index contributed by atoms with van der Waals surface area (Å²) in [5.41, 5.74) is -1.57. The van der Waals surface area contributed by atoms with Crippen LogP contribution in [0.25, 0.3) is 0 Å². The lowest BCUT2D eigenvalue weighted by Gasteiger charge is -2.27. The summed E-state index contributed by atoms with van der Waals surface area (Å²) in [5.74, 6) is -2.00. The number of carbonyl (C=O) groups is 2. The molecule has 9 nitrogen and oxygen atoms in total. The van der Waals surface area contributed by atoms with E-state index in [0.717, 1.165) is 12.1 Å². The monoisotopic (exact) mass is 533 g/mol. The van der Waals surface area contributed by atoms with Crippen LogP contribution in [0.3, 0.4) is 0 Å². The van der Waals surface area contributed by atoms with Crippen molar-refractivity contribution in [2.75, 3.05) is 25.6 Å². The van der Waals surface area contributed by atoms with E-state index in [9.17, 15) is 27.2 Å². The standard InChI is InChI=1S/C25H23F4N5O4/c1-37-23-31-12-16(13-32-23)21(35)34-24(8-9-38-14-24)22(36)30-11-15-2-5-18(6-3-15)33-20-7-4-17(26)10-19(20)25(27,28)29/h2-7,10,12-13,33H,8-9,11,14H2,1H3,(H,30,36)(H,34,35)/t24-/m0/s1. The first-order chi connectivity index (χ1) is 18.1. The zero-order valence-electron chi connectivity index (χ0n) is 20.1. The van der Waals surface area contributed by atoms with Gasteiger partial charge in [-0.1, -0.05) is 12.1 Å². The largest absolute Gasteiger partial charge is 0.467 e. The Balaban J connectivity index is 1.39. The number of methoxy groups -OCH3 is 1. The molecule has 4 rings (SSSR count). The van der Waals surface area contributed by atoms with Crippen LogP contribution in [0.5, 0.6) is 6.01 Å². The molecular formula is C25H23F4N5O4. The van der Waals surface area contributed by atoms with Gasteiger partial charge in [-0.25, -0.2) is 14.4 Å². The van der Waals surface area contributed by atoms with Crippen LogP contribution in [-0.4, -0.2) is 47.6 Å². The molecule has 38 heavy (non-hydrogen) atoms. The van der Waals surface area contributed by atoms with Gasteiger partial charge < -0.3 is 25.4 Å². The van der Waals surface area contributed by atoms with Crippen molar-refractivity contribution < 1.29 is 36.6 Å². The zero-order valence-corrected chi connectivity index (χ0v) is 20.1. The van der Waals surface area contributed by atoms with Gasteiger partial charge in [0, 0.05) is 37.7 Å². The fourth-order valence-electron chi connectivity index (χ4n) is 3.80. The molecule has 1 aliphatic rings. The van der Waals surface area contributed by atoms with Gasteiger partial charge in [-0.05, 0) is 35.9 Å². The normalized spacial score (nSPS) is 17.1. The summed E-state index contributed by atoms with van der Waals surface area (Å²) in [6.07, 6.45) is -1.92. The molecule has 200 valence electrons. The highest BCUT2D eigenvalue weighted by Crippen LogP contribution is 2.36. The van der Waals surface area contributed by atoms with Crippen LogP contribution in [0.4, 0.5) is 28.9 Å². The molecule has 1 aliphatic heterocycles. The summed E-state index contributed by atoms with van der Waals surface area (Å²) in [6.45, 7) is 0.340. The third-order valence-corrected chi connectivity index (χ3v) is 5.86. The summed E-state index contributed by atoms with van der Waals surface area (Å²) in [5, 5.41) is 8.12. The fourth-order valence-corrected chi connectivity index (χ4v) is 3.80. The summed E-state index contributed by atoms with van der Waals surface area (Å²) >= 11 is 0. The molecule has 3 N–H and O–H groups in total. The highest BCUT2D eigenvalue weighted by Gasteiger charge is 2.43. The van der Waals surface area contributed by atoms with E-state index < -0.39 is 34.9 Å². The summed E-state index contributed by atoms with van der Waals surface area (Å²) in [7, 11) is 1.39. The van der Waals surface area contributed by atoms with Crippen LogP contribution in [-0.2, 0) is 22.3 Å². The maximum absolute atomic E-state index is 13.3. The predicted octanol–water partition coefficient (Wildman–Crippen LogP) is 3.59. The number of ether oxygens (including phenoxy) is 2. The van der Waals surface area contributed by atoms with Crippen molar-refractivity contribution in [2.45, 2.75) is 24.7 Å². The first-order valence-electron chi connectivity index (χ1n) is 11.4. The zero-order chi connectivity index (χ0) is 27.3. The number of anilines is 2. The number of hydrogen-bond donors (Lipinski definition) is 3. The Morgan fingerprint density at radius 1 is 1.11 bits per heavy atom. The molecule has 2 amide bonds. The van der Waals surface area contributed by atoms with Crippen molar-refractivity contribution >= 4 is 23.2 Å². The number of nitrogens with one attached hydrogen (secondary N) is 3. The molecule has 1 saturated heterocycles. The molecule has 3 aromatic rings. The van der Waals surface area contributed by atoms with E-state index in [1.165, 1.54) is 31.6 Å². The van der Waals surface area contributed by atoms with Gasteiger partial charge in [-0.3, -0.25) is 9.59 Å². The molecule has 0 unspecified atom stereocenters. The number of benzene rings is 2. The Labute approximate surface area is 214 Å². The first kappa shape index (κ1) is 26.8. The highest BCUT2D eigenvalue weighted by atomic mass is 19.4. The second-order valence-corrected chi connectivity index (χ2v) is 8.49. The van der Waals surface area contributed by atoms with Crippen molar-refractivity contribution in [3.05, 3.63) is 77.4 Å². The lowest BCUT2D eigenvalue weighted by molar-refractivity contribution is -0.137. The third-order valence-electron chi connectivity index (χ3n) is 5.86. The maximum atomic E-state index is 13.3. The smallest absolute Gasteiger partial charge is 0.418 e. The quantitative estimate of drug-likeness (QED) is 0.379. The molecule has 2 heterocycles. The minimum Gasteiger partial charge on any atom is -0.467 e. The lowest BCUT2D eigenvalue weighted by atomic mass is 9.96.